The zero-order valence-electron chi connectivity index (χ0n) is 12.4. The highest BCUT2D eigenvalue weighted by molar-refractivity contribution is 5.95. The zero-order chi connectivity index (χ0) is 14.8. The minimum Gasteiger partial charge on any atom is -0.461 e. The smallest absolute Gasteiger partial charge is 0.356 e. The molecular weight excluding hydrogens is 252 g/mol. The molecule has 20 heavy (non-hydrogen) atoms. The van der Waals surface area contributed by atoms with Gasteiger partial charge in [0.05, 0.1) is 12.8 Å². The highest BCUT2D eigenvalue weighted by Gasteiger charge is 2.17. The van der Waals surface area contributed by atoms with Crippen molar-refractivity contribution in [1.29, 1.82) is 0 Å². The monoisotopic (exact) mass is 272 g/mol. The minimum atomic E-state index is -0.375. The van der Waals surface area contributed by atoms with Crippen molar-refractivity contribution < 1.29 is 9.53 Å². The minimum absolute atomic E-state index is 0.110. The average Bonchev–Trinajstić information content (AvgIpc) is 2.87. The largest absolute Gasteiger partial charge is 0.461 e. The third kappa shape index (κ3) is 2.90. The van der Waals surface area contributed by atoms with Crippen molar-refractivity contribution in [2.45, 2.75) is 33.1 Å². The number of aromatic nitrogens is 2. The van der Waals surface area contributed by atoms with Gasteiger partial charge in [0.2, 0.25) is 0 Å². The Morgan fingerprint density at radius 3 is 2.45 bits per heavy atom. The number of carbonyl (C=O) groups excluding carboxylic acids is 1. The lowest BCUT2D eigenvalue weighted by molar-refractivity contribution is 0.0520. The Balaban J connectivity index is 2.33. The van der Waals surface area contributed by atoms with Crippen LogP contribution in [0.25, 0.3) is 11.1 Å². The molecule has 0 unspecified atom stereocenters. The average molecular weight is 272 g/mol. The van der Waals surface area contributed by atoms with Crippen LogP contribution in [-0.4, -0.2) is 22.8 Å². The number of benzene rings is 1. The fourth-order valence-corrected chi connectivity index (χ4v) is 2.01. The number of hydrogen-bond donors (Lipinski definition) is 1. The number of ether oxygens (including phenoxy) is 1. The van der Waals surface area contributed by atoms with Crippen LogP contribution < -0.4 is 0 Å². The molecule has 0 spiro atoms. The summed E-state index contributed by atoms with van der Waals surface area (Å²) in [5, 5.41) is 6.66. The highest BCUT2D eigenvalue weighted by atomic mass is 16.5. The second-order valence-corrected chi connectivity index (χ2v) is 5.71. The second kappa shape index (κ2) is 5.49. The molecule has 0 radical (unpaired) electrons. The summed E-state index contributed by atoms with van der Waals surface area (Å²) in [6.45, 7) is 8.64. The third-order valence-corrected chi connectivity index (χ3v) is 3.18. The molecule has 1 heterocycles. The molecule has 0 atom stereocenters. The molecule has 1 aromatic carbocycles. The molecule has 2 aromatic rings. The topological polar surface area (TPSA) is 55.0 Å². The number of nitrogens with zero attached hydrogens (tertiary/aromatic N) is 1. The Hall–Kier alpha value is -2.10. The first kappa shape index (κ1) is 14.3. The van der Waals surface area contributed by atoms with Crippen LogP contribution in [0.4, 0.5) is 0 Å². The Kier molecular flexibility index (Phi) is 3.93. The molecule has 1 aromatic heterocycles. The van der Waals surface area contributed by atoms with E-state index in [1.165, 1.54) is 5.56 Å². The van der Waals surface area contributed by atoms with Gasteiger partial charge in [0.25, 0.3) is 0 Å². The lowest BCUT2D eigenvalue weighted by Crippen LogP contribution is -2.10. The summed E-state index contributed by atoms with van der Waals surface area (Å²) in [5.74, 6) is -0.375. The number of carbonyl (C=O) groups is 1. The van der Waals surface area contributed by atoms with E-state index in [1.807, 2.05) is 12.1 Å². The predicted molar refractivity (Wildman–Crippen MR) is 78.7 cm³/mol. The van der Waals surface area contributed by atoms with Gasteiger partial charge in [0, 0.05) is 5.56 Å². The maximum absolute atomic E-state index is 11.8. The number of esters is 1. The van der Waals surface area contributed by atoms with Crippen molar-refractivity contribution in [1.82, 2.24) is 10.2 Å². The molecule has 2 rings (SSSR count). The van der Waals surface area contributed by atoms with Crippen molar-refractivity contribution in [2.24, 2.45) is 0 Å². The molecule has 0 aliphatic carbocycles. The molecule has 0 amide bonds. The van der Waals surface area contributed by atoms with Gasteiger partial charge in [0.1, 0.15) is 0 Å². The van der Waals surface area contributed by atoms with E-state index in [0.717, 1.165) is 11.1 Å². The van der Waals surface area contributed by atoms with E-state index in [-0.39, 0.29) is 11.4 Å². The van der Waals surface area contributed by atoms with Gasteiger partial charge in [0.15, 0.2) is 5.69 Å². The number of aromatic amines is 1. The van der Waals surface area contributed by atoms with Gasteiger partial charge in [-0.25, -0.2) is 4.79 Å². The fraction of sp³-hybridized carbons (Fsp3) is 0.375. The van der Waals surface area contributed by atoms with E-state index in [2.05, 4.69) is 43.1 Å². The Bertz CT molecular complexity index is 592. The van der Waals surface area contributed by atoms with Gasteiger partial charge in [-0.3, -0.25) is 5.10 Å². The SMILES string of the molecule is CCOC(=O)c1[nH]ncc1-c1ccc(C(C)(C)C)cc1. The summed E-state index contributed by atoms with van der Waals surface area (Å²) in [6, 6.07) is 8.18. The fourth-order valence-electron chi connectivity index (χ4n) is 2.01. The standard InChI is InChI=1S/C16H20N2O2/c1-5-20-15(19)14-13(10-17-18-14)11-6-8-12(9-7-11)16(2,3)4/h6-10H,5H2,1-4H3,(H,17,18). The van der Waals surface area contributed by atoms with Crippen LogP contribution in [0, 0.1) is 0 Å². The van der Waals surface area contributed by atoms with E-state index >= 15 is 0 Å². The van der Waals surface area contributed by atoms with Crippen LogP contribution in [0.1, 0.15) is 43.7 Å². The molecule has 4 nitrogen and oxygen atoms in total. The highest BCUT2D eigenvalue weighted by Crippen LogP contribution is 2.27. The molecule has 1 N–H and O–H groups in total. The molecule has 0 bridgehead atoms. The Labute approximate surface area is 119 Å². The van der Waals surface area contributed by atoms with Crippen LogP contribution in [0.3, 0.4) is 0 Å². The molecule has 0 fully saturated rings. The maximum Gasteiger partial charge on any atom is 0.356 e. The molecule has 0 aliphatic rings. The number of rotatable bonds is 3. The summed E-state index contributed by atoms with van der Waals surface area (Å²) in [5.41, 5.74) is 3.48. The van der Waals surface area contributed by atoms with E-state index in [0.29, 0.717) is 12.3 Å². The van der Waals surface area contributed by atoms with Gasteiger partial charge < -0.3 is 4.74 Å². The van der Waals surface area contributed by atoms with Crippen molar-refractivity contribution in [3.8, 4) is 11.1 Å². The van der Waals surface area contributed by atoms with Crippen LogP contribution in [0.15, 0.2) is 30.5 Å². The Morgan fingerprint density at radius 1 is 1.25 bits per heavy atom. The van der Waals surface area contributed by atoms with Crippen molar-refractivity contribution in [3.05, 3.63) is 41.7 Å². The molecule has 0 saturated carbocycles. The first-order chi connectivity index (χ1) is 9.43. The van der Waals surface area contributed by atoms with Crippen molar-refractivity contribution in [3.63, 3.8) is 0 Å². The van der Waals surface area contributed by atoms with E-state index < -0.39 is 0 Å². The van der Waals surface area contributed by atoms with E-state index in [1.54, 1.807) is 13.1 Å². The first-order valence-electron chi connectivity index (χ1n) is 6.75. The van der Waals surface area contributed by atoms with Gasteiger partial charge in [-0.15, -0.1) is 0 Å². The van der Waals surface area contributed by atoms with E-state index in [9.17, 15) is 4.79 Å². The number of hydrogen-bond acceptors (Lipinski definition) is 3. The van der Waals surface area contributed by atoms with Crippen LogP contribution in [0.2, 0.25) is 0 Å². The van der Waals surface area contributed by atoms with Crippen LogP contribution in [0.5, 0.6) is 0 Å². The summed E-state index contributed by atoms with van der Waals surface area (Å²) in [6.07, 6.45) is 1.65. The summed E-state index contributed by atoms with van der Waals surface area (Å²) in [7, 11) is 0. The summed E-state index contributed by atoms with van der Waals surface area (Å²) >= 11 is 0. The van der Waals surface area contributed by atoms with Gasteiger partial charge in [-0.05, 0) is 23.5 Å². The van der Waals surface area contributed by atoms with Crippen LogP contribution >= 0.6 is 0 Å². The van der Waals surface area contributed by atoms with Crippen molar-refractivity contribution in [2.75, 3.05) is 6.61 Å². The molecule has 106 valence electrons. The lowest BCUT2D eigenvalue weighted by Gasteiger charge is -2.19. The van der Waals surface area contributed by atoms with Gasteiger partial charge in [-0.2, -0.15) is 5.10 Å². The normalized spacial score (nSPS) is 11.4. The number of H-pyrrole nitrogens is 1. The molecule has 4 heteroatoms. The maximum atomic E-state index is 11.8. The quantitative estimate of drug-likeness (QED) is 0.869. The van der Waals surface area contributed by atoms with Gasteiger partial charge in [-0.1, -0.05) is 45.0 Å². The predicted octanol–water partition coefficient (Wildman–Crippen LogP) is 3.55. The van der Waals surface area contributed by atoms with Gasteiger partial charge >= 0.3 is 5.97 Å². The van der Waals surface area contributed by atoms with Crippen molar-refractivity contribution >= 4 is 5.97 Å². The molecular formula is C16H20N2O2. The van der Waals surface area contributed by atoms with Crippen LogP contribution in [-0.2, 0) is 10.2 Å². The lowest BCUT2D eigenvalue weighted by atomic mass is 9.86. The second-order valence-electron chi connectivity index (χ2n) is 5.71. The number of nitrogens with one attached hydrogen (secondary N) is 1. The summed E-state index contributed by atoms with van der Waals surface area (Å²) < 4.78 is 5.02. The third-order valence-electron chi connectivity index (χ3n) is 3.18. The summed E-state index contributed by atoms with van der Waals surface area (Å²) in [4.78, 5) is 11.8. The molecule has 0 saturated heterocycles. The molecule has 0 aliphatic heterocycles. The Morgan fingerprint density at radius 2 is 1.90 bits per heavy atom. The van der Waals surface area contributed by atoms with E-state index in [4.69, 9.17) is 4.74 Å². The first-order valence-corrected chi connectivity index (χ1v) is 6.75. The zero-order valence-corrected chi connectivity index (χ0v) is 12.4.